The molecule has 1 aromatic heterocycles. The normalized spacial score (nSPS) is 19.3. The number of hydrogen-bond donors (Lipinski definition) is 1. The number of fused-ring (bicyclic) bond motifs is 3. The van der Waals surface area contributed by atoms with Crippen LogP contribution in [0.15, 0.2) is 83.0 Å². The van der Waals surface area contributed by atoms with Crippen molar-refractivity contribution in [2.45, 2.75) is 12.0 Å². The van der Waals surface area contributed by atoms with E-state index in [2.05, 4.69) is 6.58 Å². The molecule has 0 saturated heterocycles. The van der Waals surface area contributed by atoms with E-state index in [1.807, 2.05) is 25.1 Å². The average Bonchev–Trinajstić information content (AvgIpc) is 3.47. The second-order valence-electron chi connectivity index (χ2n) is 9.25. The molecule has 1 N–H and O–H groups in total. The van der Waals surface area contributed by atoms with Crippen LogP contribution in [0.25, 0.3) is 11.0 Å². The van der Waals surface area contributed by atoms with E-state index in [9.17, 15) is 19.5 Å². The quantitative estimate of drug-likeness (QED) is 0.387. The Labute approximate surface area is 208 Å². The number of carbonyl (C=O) groups excluding carboxylic acids is 3. The molecular weight excluding hydrogens is 458 g/mol. The molecule has 0 bridgehead atoms. The van der Waals surface area contributed by atoms with Crippen LogP contribution in [0, 0.1) is 0 Å². The number of furan rings is 1. The monoisotopic (exact) mass is 485 g/mol. The molecular formula is C28H27N3O5. The van der Waals surface area contributed by atoms with Gasteiger partial charge in [0.2, 0.25) is 5.78 Å². The largest absolute Gasteiger partial charge is 0.503 e. The highest BCUT2D eigenvalue weighted by Crippen LogP contribution is 2.53. The maximum atomic E-state index is 14.2. The molecule has 3 heterocycles. The van der Waals surface area contributed by atoms with Gasteiger partial charge >= 0.3 is 0 Å². The molecule has 8 nitrogen and oxygen atoms in total. The Kier molecular flexibility index (Phi) is 5.76. The molecule has 0 fully saturated rings. The van der Waals surface area contributed by atoms with Crippen molar-refractivity contribution in [2.24, 2.45) is 0 Å². The Morgan fingerprint density at radius 3 is 2.58 bits per heavy atom. The van der Waals surface area contributed by atoms with Gasteiger partial charge in [-0.1, -0.05) is 42.5 Å². The topological polar surface area (TPSA) is 94.3 Å². The van der Waals surface area contributed by atoms with Gasteiger partial charge in [-0.15, -0.1) is 6.58 Å². The van der Waals surface area contributed by atoms with E-state index in [1.165, 1.54) is 9.80 Å². The van der Waals surface area contributed by atoms with Crippen LogP contribution in [-0.2, 0) is 15.1 Å². The number of anilines is 1. The van der Waals surface area contributed by atoms with E-state index in [4.69, 9.17) is 4.42 Å². The summed E-state index contributed by atoms with van der Waals surface area (Å²) in [7, 11) is 3.82. The van der Waals surface area contributed by atoms with Gasteiger partial charge in [0.15, 0.2) is 17.1 Å². The molecule has 2 aromatic carbocycles. The highest BCUT2D eigenvalue weighted by molar-refractivity contribution is 6.26. The highest BCUT2D eigenvalue weighted by atomic mass is 16.3. The molecule has 184 valence electrons. The van der Waals surface area contributed by atoms with Crippen LogP contribution in [0.4, 0.5) is 5.69 Å². The Balaban J connectivity index is 1.72. The summed E-state index contributed by atoms with van der Waals surface area (Å²) in [4.78, 5) is 46.5. The summed E-state index contributed by atoms with van der Waals surface area (Å²) in [5.41, 5.74) is -0.548. The first-order valence-corrected chi connectivity index (χ1v) is 11.8. The van der Waals surface area contributed by atoms with Gasteiger partial charge in [0, 0.05) is 24.0 Å². The minimum Gasteiger partial charge on any atom is -0.503 e. The third-order valence-electron chi connectivity index (χ3n) is 6.77. The number of carbonyl (C=O) groups is 3. The van der Waals surface area contributed by atoms with E-state index in [-0.39, 0.29) is 24.4 Å². The number of hydrogen-bond acceptors (Lipinski definition) is 6. The molecule has 0 aliphatic carbocycles. The van der Waals surface area contributed by atoms with Crippen molar-refractivity contribution in [3.63, 3.8) is 0 Å². The van der Waals surface area contributed by atoms with Gasteiger partial charge in [-0.05, 0) is 45.3 Å². The van der Waals surface area contributed by atoms with E-state index in [1.54, 1.807) is 54.6 Å². The number of aliphatic hydroxyl groups excluding tert-OH is 1. The third-order valence-corrected chi connectivity index (χ3v) is 6.77. The minimum atomic E-state index is -1.80. The summed E-state index contributed by atoms with van der Waals surface area (Å²) < 4.78 is 5.80. The van der Waals surface area contributed by atoms with Gasteiger partial charge in [0.1, 0.15) is 5.58 Å². The van der Waals surface area contributed by atoms with Crippen molar-refractivity contribution in [3.05, 3.63) is 89.9 Å². The lowest BCUT2D eigenvalue weighted by molar-refractivity contribution is -0.139. The first kappa shape index (κ1) is 23.6. The standard InChI is InChI=1S/C28H27N3O5/c1-4-14-30-20-12-7-6-11-19(20)28(27(30)35)23(25(33)26(34)31(28)16-9-15-29(2)3)24(32)22-17-18-10-5-8-13-21(18)36-22/h4-8,10-13,17,33H,1,9,14-16H2,2-3H3/t28-/m0/s1. The zero-order chi connectivity index (χ0) is 25.6. The Bertz CT molecular complexity index is 1400. The van der Waals surface area contributed by atoms with E-state index in [0.717, 1.165) is 0 Å². The third kappa shape index (κ3) is 3.29. The molecule has 3 aromatic rings. The van der Waals surface area contributed by atoms with Crippen molar-refractivity contribution in [1.29, 1.82) is 0 Å². The lowest BCUT2D eigenvalue weighted by atomic mass is 9.81. The Morgan fingerprint density at radius 1 is 1.14 bits per heavy atom. The molecule has 1 atom stereocenters. The van der Waals surface area contributed by atoms with Crippen molar-refractivity contribution < 1.29 is 23.9 Å². The van der Waals surface area contributed by atoms with E-state index < -0.39 is 28.9 Å². The van der Waals surface area contributed by atoms with Gasteiger partial charge in [-0.3, -0.25) is 14.4 Å². The number of rotatable bonds is 8. The zero-order valence-corrected chi connectivity index (χ0v) is 20.2. The predicted octanol–water partition coefficient (Wildman–Crippen LogP) is 3.65. The molecule has 36 heavy (non-hydrogen) atoms. The molecule has 5 rings (SSSR count). The van der Waals surface area contributed by atoms with Crippen LogP contribution >= 0.6 is 0 Å². The van der Waals surface area contributed by atoms with E-state index >= 15 is 0 Å². The van der Waals surface area contributed by atoms with Crippen molar-refractivity contribution >= 4 is 34.3 Å². The Hall–Kier alpha value is -4.17. The number of benzene rings is 2. The van der Waals surface area contributed by atoms with Gasteiger partial charge in [0.05, 0.1) is 11.3 Å². The maximum Gasteiger partial charge on any atom is 0.290 e. The van der Waals surface area contributed by atoms with Crippen LogP contribution in [0.5, 0.6) is 0 Å². The summed E-state index contributed by atoms with van der Waals surface area (Å²) in [6, 6.07) is 15.7. The fraction of sp³-hybridized carbons (Fsp3) is 0.250. The van der Waals surface area contributed by atoms with Crippen molar-refractivity contribution in [2.75, 3.05) is 38.6 Å². The second-order valence-corrected chi connectivity index (χ2v) is 9.25. The van der Waals surface area contributed by atoms with Gasteiger partial charge in [-0.2, -0.15) is 0 Å². The van der Waals surface area contributed by atoms with Crippen LogP contribution in [0.1, 0.15) is 22.5 Å². The average molecular weight is 486 g/mol. The molecule has 0 radical (unpaired) electrons. The van der Waals surface area contributed by atoms with E-state index in [0.29, 0.717) is 35.2 Å². The fourth-order valence-corrected chi connectivity index (χ4v) is 5.24. The van der Waals surface area contributed by atoms with Crippen LogP contribution < -0.4 is 4.90 Å². The van der Waals surface area contributed by atoms with Gasteiger partial charge < -0.3 is 24.2 Å². The molecule has 2 amide bonds. The SMILES string of the molecule is C=CCN1C(=O)[C@@]2(C(C(=O)c3cc4ccccc4o3)=C(O)C(=O)N2CCCN(C)C)c2ccccc21. The molecule has 1 spiro atoms. The second kappa shape index (κ2) is 8.80. The lowest BCUT2D eigenvalue weighted by Gasteiger charge is -2.35. The summed E-state index contributed by atoms with van der Waals surface area (Å²) in [5.74, 6) is -2.71. The number of aliphatic hydroxyl groups is 1. The maximum absolute atomic E-state index is 14.2. The molecule has 0 unspecified atom stereocenters. The summed E-state index contributed by atoms with van der Waals surface area (Å²) in [6.07, 6.45) is 2.13. The minimum absolute atomic E-state index is 0.0486. The molecule has 2 aliphatic heterocycles. The number of amides is 2. The number of ketones is 1. The van der Waals surface area contributed by atoms with Crippen molar-refractivity contribution in [1.82, 2.24) is 9.80 Å². The van der Waals surface area contributed by atoms with Crippen LogP contribution in [-0.4, -0.2) is 66.2 Å². The van der Waals surface area contributed by atoms with Gasteiger partial charge in [0.25, 0.3) is 11.8 Å². The smallest absolute Gasteiger partial charge is 0.290 e. The number of para-hydroxylation sites is 2. The molecule has 2 aliphatic rings. The van der Waals surface area contributed by atoms with Crippen LogP contribution in [0.3, 0.4) is 0 Å². The molecule has 0 saturated carbocycles. The summed E-state index contributed by atoms with van der Waals surface area (Å²) in [5, 5.41) is 11.9. The highest BCUT2D eigenvalue weighted by Gasteiger charge is 2.65. The lowest BCUT2D eigenvalue weighted by Crippen LogP contribution is -2.54. The summed E-state index contributed by atoms with van der Waals surface area (Å²) in [6.45, 7) is 4.77. The fourth-order valence-electron chi connectivity index (χ4n) is 5.24. The molecule has 8 heteroatoms. The van der Waals surface area contributed by atoms with Crippen LogP contribution in [0.2, 0.25) is 0 Å². The summed E-state index contributed by atoms with van der Waals surface area (Å²) >= 11 is 0. The first-order chi connectivity index (χ1) is 17.3. The number of nitrogens with zero attached hydrogens (tertiary/aromatic N) is 3. The van der Waals surface area contributed by atoms with Gasteiger partial charge in [-0.25, -0.2) is 0 Å². The number of Topliss-reactive ketones (excluding diaryl/α,β-unsaturated/α-hetero) is 1. The Morgan fingerprint density at radius 2 is 1.86 bits per heavy atom. The first-order valence-electron chi connectivity index (χ1n) is 11.8. The zero-order valence-electron chi connectivity index (χ0n) is 20.2. The van der Waals surface area contributed by atoms with Crippen molar-refractivity contribution in [3.8, 4) is 0 Å². The predicted molar refractivity (Wildman–Crippen MR) is 136 cm³/mol.